The van der Waals surface area contributed by atoms with Crippen LogP contribution in [-0.2, 0) is 16.1 Å². The molecule has 0 aliphatic carbocycles. The summed E-state index contributed by atoms with van der Waals surface area (Å²) in [7, 11) is 0. The van der Waals surface area contributed by atoms with Crippen LogP contribution in [0, 0.1) is 0 Å². The first-order chi connectivity index (χ1) is 13.5. The first-order valence-electron chi connectivity index (χ1n) is 9.06. The number of nitrogens with zero attached hydrogens (tertiary/aromatic N) is 2. The van der Waals surface area contributed by atoms with Crippen LogP contribution in [-0.4, -0.2) is 34.9 Å². The molecule has 3 rings (SSSR count). The highest BCUT2D eigenvalue weighted by Crippen LogP contribution is 2.26. The molecule has 1 aliphatic rings. The van der Waals surface area contributed by atoms with E-state index in [0.717, 1.165) is 18.4 Å². The van der Waals surface area contributed by atoms with Gasteiger partial charge in [-0.3, -0.25) is 9.59 Å². The molecule has 6 nitrogen and oxygen atoms in total. The topological polar surface area (TPSA) is 71.5 Å². The van der Waals surface area contributed by atoms with E-state index >= 15 is 0 Å². The van der Waals surface area contributed by atoms with Gasteiger partial charge in [0.15, 0.2) is 0 Å². The number of aromatic nitrogens is 1. The third-order valence-corrected chi connectivity index (χ3v) is 4.51. The van der Waals surface area contributed by atoms with E-state index in [2.05, 4.69) is 15.0 Å². The van der Waals surface area contributed by atoms with Crippen LogP contribution in [0.15, 0.2) is 48.7 Å². The molecule has 1 N–H and O–H groups in total. The number of likely N-dealkylation sites (tertiary alicyclic amines) is 1. The van der Waals surface area contributed by atoms with Gasteiger partial charge in [-0.25, -0.2) is 4.98 Å². The van der Waals surface area contributed by atoms with E-state index in [1.165, 1.54) is 12.3 Å². The molecule has 0 radical (unpaired) electrons. The number of carbonyl (C=O) groups excluding carboxylic acids is 2. The second-order valence-electron chi connectivity index (χ2n) is 6.46. The summed E-state index contributed by atoms with van der Waals surface area (Å²) in [5, 5.41) is 2.79. The smallest absolute Gasteiger partial charge is 0.388 e. The van der Waals surface area contributed by atoms with Crippen molar-refractivity contribution >= 4 is 11.8 Å². The van der Waals surface area contributed by atoms with Gasteiger partial charge >= 0.3 is 6.61 Å². The zero-order valence-corrected chi connectivity index (χ0v) is 15.2. The molecule has 1 aromatic carbocycles. The van der Waals surface area contributed by atoms with Crippen molar-refractivity contribution in [2.45, 2.75) is 38.5 Å². The fourth-order valence-electron chi connectivity index (χ4n) is 3.21. The Morgan fingerprint density at radius 2 is 2.00 bits per heavy atom. The predicted molar refractivity (Wildman–Crippen MR) is 97.5 cm³/mol. The molecule has 1 aromatic heterocycles. The van der Waals surface area contributed by atoms with Crippen molar-refractivity contribution in [3.8, 4) is 5.88 Å². The number of rotatable bonds is 7. The number of alkyl halides is 2. The van der Waals surface area contributed by atoms with Crippen molar-refractivity contribution in [1.29, 1.82) is 0 Å². The number of benzene rings is 1. The van der Waals surface area contributed by atoms with Crippen LogP contribution in [0.5, 0.6) is 5.88 Å². The minimum Gasteiger partial charge on any atom is -0.417 e. The van der Waals surface area contributed by atoms with Gasteiger partial charge in [0.1, 0.15) is 6.04 Å². The Balaban J connectivity index is 1.74. The van der Waals surface area contributed by atoms with Gasteiger partial charge < -0.3 is 15.0 Å². The molecule has 148 valence electrons. The molecule has 2 aromatic rings. The molecule has 1 atom stereocenters. The molecule has 0 spiro atoms. The number of hydrogen-bond donors (Lipinski definition) is 1. The number of pyridine rings is 1. The van der Waals surface area contributed by atoms with Gasteiger partial charge in [0.25, 0.3) is 0 Å². The SMILES string of the molecule is O=C(NCc1ccnc(OC(F)F)c1)C(c1ccccc1)N1CCCCC1=O. The van der Waals surface area contributed by atoms with Crippen LogP contribution in [0.1, 0.15) is 36.4 Å². The highest BCUT2D eigenvalue weighted by Gasteiger charge is 2.32. The summed E-state index contributed by atoms with van der Waals surface area (Å²) in [5.74, 6) is -0.589. The Morgan fingerprint density at radius 1 is 1.21 bits per heavy atom. The first-order valence-corrected chi connectivity index (χ1v) is 9.06. The lowest BCUT2D eigenvalue weighted by Gasteiger charge is -2.34. The Labute approximate surface area is 161 Å². The molecule has 0 saturated carbocycles. The van der Waals surface area contributed by atoms with Gasteiger partial charge in [-0.15, -0.1) is 0 Å². The fraction of sp³-hybridized carbons (Fsp3) is 0.350. The Morgan fingerprint density at radius 3 is 2.71 bits per heavy atom. The summed E-state index contributed by atoms with van der Waals surface area (Å²) in [6, 6.07) is 11.3. The number of halogens is 2. The fourth-order valence-corrected chi connectivity index (χ4v) is 3.21. The van der Waals surface area contributed by atoms with Crippen molar-refractivity contribution in [3.63, 3.8) is 0 Å². The lowest BCUT2D eigenvalue weighted by Crippen LogP contribution is -2.45. The number of amides is 2. The molecule has 1 saturated heterocycles. The number of piperidine rings is 1. The van der Waals surface area contributed by atoms with Crippen LogP contribution in [0.2, 0.25) is 0 Å². The van der Waals surface area contributed by atoms with Gasteiger partial charge in [-0.1, -0.05) is 30.3 Å². The number of nitrogens with one attached hydrogen (secondary N) is 1. The minimum absolute atomic E-state index is 0.0493. The van der Waals surface area contributed by atoms with E-state index in [0.29, 0.717) is 18.5 Å². The lowest BCUT2D eigenvalue weighted by atomic mass is 10.0. The van der Waals surface area contributed by atoms with Gasteiger partial charge in [0, 0.05) is 31.8 Å². The quantitative estimate of drug-likeness (QED) is 0.790. The summed E-state index contributed by atoms with van der Waals surface area (Å²) in [6.07, 6.45) is 3.43. The second kappa shape index (κ2) is 9.25. The molecule has 2 amide bonds. The maximum Gasteiger partial charge on any atom is 0.388 e. The van der Waals surface area contributed by atoms with Gasteiger partial charge in [0.2, 0.25) is 17.7 Å². The van der Waals surface area contributed by atoms with Gasteiger partial charge in [-0.05, 0) is 30.0 Å². The molecule has 28 heavy (non-hydrogen) atoms. The van der Waals surface area contributed by atoms with E-state index in [1.807, 2.05) is 30.3 Å². The summed E-state index contributed by atoms with van der Waals surface area (Å²) >= 11 is 0. The monoisotopic (exact) mass is 389 g/mol. The van der Waals surface area contributed by atoms with Crippen LogP contribution in [0.25, 0.3) is 0 Å². The van der Waals surface area contributed by atoms with E-state index < -0.39 is 12.7 Å². The summed E-state index contributed by atoms with van der Waals surface area (Å²) < 4.78 is 28.9. The predicted octanol–water partition coefficient (Wildman–Crippen LogP) is 3.05. The number of hydrogen-bond acceptors (Lipinski definition) is 4. The van der Waals surface area contributed by atoms with E-state index in [-0.39, 0.29) is 24.2 Å². The van der Waals surface area contributed by atoms with Crippen molar-refractivity contribution in [3.05, 3.63) is 59.8 Å². The molecule has 2 heterocycles. The van der Waals surface area contributed by atoms with Crippen molar-refractivity contribution in [1.82, 2.24) is 15.2 Å². The molecule has 0 bridgehead atoms. The van der Waals surface area contributed by atoms with Gasteiger partial charge in [-0.2, -0.15) is 8.78 Å². The highest BCUT2D eigenvalue weighted by molar-refractivity contribution is 5.89. The average Bonchev–Trinajstić information content (AvgIpc) is 2.69. The second-order valence-corrected chi connectivity index (χ2v) is 6.46. The maximum atomic E-state index is 13.0. The number of ether oxygens (including phenoxy) is 1. The zero-order valence-electron chi connectivity index (χ0n) is 15.2. The molecule has 1 unspecified atom stereocenters. The van der Waals surface area contributed by atoms with Crippen molar-refractivity contribution < 1.29 is 23.1 Å². The van der Waals surface area contributed by atoms with Crippen LogP contribution >= 0.6 is 0 Å². The summed E-state index contributed by atoms with van der Waals surface area (Å²) in [4.78, 5) is 30.6. The van der Waals surface area contributed by atoms with E-state index in [4.69, 9.17) is 0 Å². The summed E-state index contributed by atoms with van der Waals surface area (Å²) in [6.45, 7) is -2.34. The first kappa shape index (κ1) is 19.7. The normalized spacial score (nSPS) is 15.4. The standard InChI is InChI=1S/C20H21F2N3O3/c21-20(22)28-16-12-14(9-10-23-16)13-24-19(27)18(15-6-2-1-3-7-15)25-11-5-4-8-17(25)26/h1-3,6-7,9-10,12,18,20H,4-5,8,11,13H2,(H,24,27). The molecular weight excluding hydrogens is 368 g/mol. The van der Waals surface area contributed by atoms with E-state index in [1.54, 1.807) is 11.0 Å². The van der Waals surface area contributed by atoms with Crippen molar-refractivity contribution in [2.75, 3.05) is 6.54 Å². The van der Waals surface area contributed by atoms with Crippen LogP contribution in [0.3, 0.4) is 0 Å². The molecule has 1 fully saturated rings. The third-order valence-electron chi connectivity index (χ3n) is 4.51. The average molecular weight is 389 g/mol. The van der Waals surface area contributed by atoms with Gasteiger partial charge in [0.05, 0.1) is 0 Å². The maximum absolute atomic E-state index is 13.0. The Bertz CT molecular complexity index is 817. The largest absolute Gasteiger partial charge is 0.417 e. The summed E-state index contributed by atoms with van der Waals surface area (Å²) in [5.41, 5.74) is 1.29. The Kier molecular flexibility index (Phi) is 6.52. The minimum atomic E-state index is -2.97. The van der Waals surface area contributed by atoms with Crippen LogP contribution < -0.4 is 10.1 Å². The van der Waals surface area contributed by atoms with Crippen LogP contribution in [0.4, 0.5) is 8.78 Å². The zero-order chi connectivity index (χ0) is 19.9. The highest BCUT2D eigenvalue weighted by atomic mass is 19.3. The molecule has 1 aliphatic heterocycles. The molecular formula is C20H21F2N3O3. The Hall–Kier alpha value is -3.03. The molecule has 8 heteroatoms. The lowest BCUT2D eigenvalue weighted by molar-refractivity contribution is -0.142. The third kappa shape index (κ3) is 5.03. The van der Waals surface area contributed by atoms with Crippen molar-refractivity contribution in [2.24, 2.45) is 0 Å². The van der Waals surface area contributed by atoms with E-state index in [9.17, 15) is 18.4 Å². The number of carbonyl (C=O) groups is 2.